The summed E-state index contributed by atoms with van der Waals surface area (Å²) >= 11 is 0. The molecule has 2 rings (SSSR count). The van der Waals surface area contributed by atoms with Crippen molar-refractivity contribution in [3.8, 4) is 11.8 Å². The van der Waals surface area contributed by atoms with Crippen molar-refractivity contribution in [2.75, 3.05) is 7.11 Å². The van der Waals surface area contributed by atoms with E-state index in [0.717, 1.165) is 11.3 Å². The fraction of sp³-hybridized carbons (Fsp3) is 0.143. The van der Waals surface area contributed by atoms with E-state index in [2.05, 4.69) is 6.07 Å². The van der Waals surface area contributed by atoms with Gasteiger partial charge in [0.2, 0.25) is 0 Å². The lowest BCUT2D eigenvalue weighted by Crippen LogP contribution is -2.06. The molecule has 0 aliphatic heterocycles. The smallest absolute Gasteiger partial charge is 0.181 e. The Morgan fingerprint density at radius 2 is 2.00 bits per heavy atom. The normalized spacial score (nSPS) is 9.78. The van der Waals surface area contributed by atoms with Gasteiger partial charge in [0.1, 0.15) is 5.75 Å². The number of nitrogens with zero attached hydrogens (tertiary/aromatic N) is 2. The third-order valence-corrected chi connectivity index (χ3v) is 2.62. The average Bonchev–Trinajstić information content (AvgIpc) is 2.41. The molecule has 2 aromatic rings. The summed E-state index contributed by atoms with van der Waals surface area (Å²) in [6, 6.07) is 10.4. The lowest BCUT2D eigenvalue weighted by molar-refractivity contribution is 0.408. The summed E-state index contributed by atoms with van der Waals surface area (Å²) in [5.74, 6) is 0.729. The van der Waals surface area contributed by atoms with E-state index in [1.807, 2.05) is 4.57 Å². The molecule has 0 aliphatic rings. The van der Waals surface area contributed by atoms with Crippen LogP contribution in [-0.2, 0) is 6.54 Å². The molecule has 0 spiro atoms. The van der Waals surface area contributed by atoms with Gasteiger partial charge in [-0.05, 0) is 18.2 Å². The van der Waals surface area contributed by atoms with Crippen LogP contribution in [-0.4, -0.2) is 11.7 Å². The van der Waals surface area contributed by atoms with Crippen LogP contribution in [0.2, 0.25) is 0 Å². The zero-order valence-corrected chi connectivity index (χ0v) is 9.96. The SMILES string of the molecule is COc1ccc(C#N)cc1Cn1ccc(=O)cc1. The van der Waals surface area contributed by atoms with Gasteiger partial charge in [0, 0.05) is 30.1 Å². The summed E-state index contributed by atoms with van der Waals surface area (Å²) in [6.45, 7) is 0.555. The number of rotatable bonds is 3. The predicted octanol–water partition coefficient (Wildman–Crippen LogP) is 1.78. The number of ether oxygens (including phenoxy) is 1. The molecule has 1 aromatic carbocycles. The maximum Gasteiger partial charge on any atom is 0.181 e. The first kappa shape index (κ1) is 11.9. The molecule has 0 aliphatic carbocycles. The average molecular weight is 240 g/mol. The molecule has 0 amide bonds. The minimum atomic E-state index is -0.0241. The third kappa shape index (κ3) is 2.58. The van der Waals surface area contributed by atoms with E-state index in [1.54, 1.807) is 37.7 Å². The number of hydrogen-bond donors (Lipinski definition) is 0. The van der Waals surface area contributed by atoms with Gasteiger partial charge in [-0.25, -0.2) is 0 Å². The van der Waals surface area contributed by atoms with Gasteiger partial charge in [0.05, 0.1) is 25.3 Å². The molecule has 18 heavy (non-hydrogen) atoms. The molecule has 0 N–H and O–H groups in total. The highest BCUT2D eigenvalue weighted by Crippen LogP contribution is 2.20. The topological polar surface area (TPSA) is 55.0 Å². The molecule has 1 aromatic heterocycles. The van der Waals surface area contributed by atoms with E-state index in [0.29, 0.717) is 12.1 Å². The Bertz CT molecular complexity index is 633. The first-order valence-electron chi connectivity index (χ1n) is 5.46. The lowest BCUT2D eigenvalue weighted by Gasteiger charge is -2.10. The minimum Gasteiger partial charge on any atom is -0.496 e. The van der Waals surface area contributed by atoms with Crippen LogP contribution in [0.25, 0.3) is 0 Å². The molecule has 1 heterocycles. The summed E-state index contributed by atoms with van der Waals surface area (Å²) in [6.07, 6.45) is 3.42. The summed E-state index contributed by atoms with van der Waals surface area (Å²) < 4.78 is 7.12. The Kier molecular flexibility index (Phi) is 3.44. The number of nitriles is 1. The van der Waals surface area contributed by atoms with Gasteiger partial charge in [0.15, 0.2) is 5.43 Å². The highest BCUT2D eigenvalue weighted by atomic mass is 16.5. The number of aromatic nitrogens is 1. The Morgan fingerprint density at radius 3 is 2.61 bits per heavy atom. The van der Waals surface area contributed by atoms with Crippen LogP contribution < -0.4 is 10.2 Å². The second kappa shape index (κ2) is 5.19. The Hall–Kier alpha value is -2.54. The van der Waals surface area contributed by atoms with Crippen LogP contribution >= 0.6 is 0 Å². The lowest BCUT2D eigenvalue weighted by atomic mass is 10.1. The standard InChI is InChI=1S/C14H12N2O2/c1-18-14-3-2-11(9-15)8-12(14)10-16-6-4-13(17)5-7-16/h2-8H,10H2,1H3. The van der Waals surface area contributed by atoms with Crippen LogP contribution in [0.4, 0.5) is 0 Å². The van der Waals surface area contributed by atoms with E-state index in [9.17, 15) is 4.79 Å². The molecule has 0 fully saturated rings. The Labute approximate surface area is 105 Å². The van der Waals surface area contributed by atoms with Gasteiger partial charge in [-0.1, -0.05) is 0 Å². The van der Waals surface area contributed by atoms with E-state index in [4.69, 9.17) is 10.00 Å². The van der Waals surface area contributed by atoms with Crippen molar-refractivity contribution in [3.05, 3.63) is 64.1 Å². The molecule has 0 bridgehead atoms. The van der Waals surface area contributed by atoms with Gasteiger partial charge in [0.25, 0.3) is 0 Å². The fourth-order valence-electron chi connectivity index (χ4n) is 1.72. The molecule has 4 heteroatoms. The van der Waals surface area contributed by atoms with Crippen LogP contribution in [0.5, 0.6) is 5.75 Å². The monoisotopic (exact) mass is 240 g/mol. The fourth-order valence-corrected chi connectivity index (χ4v) is 1.72. The van der Waals surface area contributed by atoms with Crippen molar-refractivity contribution in [1.82, 2.24) is 4.57 Å². The van der Waals surface area contributed by atoms with Crippen molar-refractivity contribution in [3.63, 3.8) is 0 Å². The molecule has 0 atom stereocenters. The molecule has 0 saturated carbocycles. The molecular weight excluding hydrogens is 228 g/mol. The van der Waals surface area contributed by atoms with E-state index in [1.165, 1.54) is 12.1 Å². The maximum absolute atomic E-state index is 11.0. The largest absolute Gasteiger partial charge is 0.496 e. The quantitative estimate of drug-likeness (QED) is 0.821. The van der Waals surface area contributed by atoms with Gasteiger partial charge in [-0.3, -0.25) is 4.79 Å². The van der Waals surface area contributed by atoms with E-state index in [-0.39, 0.29) is 5.43 Å². The van der Waals surface area contributed by atoms with Crippen molar-refractivity contribution in [2.45, 2.75) is 6.54 Å². The second-order valence-electron chi connectivity index (χ2n) is 3.84. The van der Waals surface area contributed by atoms with E-state index < -0.39 is 0 Å². The zero-order valence-electron chi connectivity index (χ0n) is 9.96. The number of hydrogen-bond acceptors (Lipinski definition) is 3. The van der Waals surface area contributed by atoms with Gasteiger partial charge >= 0.3 is 0 Å². The van der Waals surface area contributed by atoms with Crippen LogP contribution in [0.1, 0.15) is 11.1 Å². The van der Waals surface area contributed by atoms with Gasteiger partial charge in [-0.2, -0.15) is 5.26 Å². The minimum absolute atomic E-state index is 0.0241. The summed E-state index contributed by atoms with van der Waals surface area (Å²) in [4.78, 5) is 11.0. The number of methoxy groups -OCH3 is 1. The van der Waals surface area contributed by atoms with Gasteiger partial charge < -0.3 is 9.30 Å². The first-order valence-corrected chi connectivity index (χ1v) is 5.46. The Balaban J connectivity index is 2.35. The molecule has 90 valence electrons. The van der Waals surface area contributed by atoms with Crippen LogP contribution in [0, 0.1) is 11.3 Å². The predicted molar refractivity (Wildman–Crippen MR) is 67.5 cm³/mol. The van der Waals surface area contributed by atoms with Crippen molar-refractivity contribution >= 4 is 0 Å². The second-order valence-corrected chi connectivity index (χ2v) is 3.84. The van der Waals surface area contributed by atoms with Crippen molar-refractivity contribution < 1.29 is 4.74 Å². The highest BCUT2D eigenvalue weighted by Gasteiger charge is 2.04. The van der Waals surface area contributed by atoms with Crippen LogP contribution in [0.3, 0.4) is 0 Å². The third-order valence-electron chi connectivity index (χ3n) is 2.62. The highest BCUT2D eigenvalue weighted by molar-refractivity contribution is 5.42. The molecule has 0 unspecified atom stereocenters. The molecular formula is C14H12N2O2. The first-order chi connectivity index (χ1) is 8.72. The van der Waals surface area contributed by atoms with Crippen molar-refractivity contribution in [2.24, 2.45) is 0 Å². The zero-order chi connectivity index (χ0) is 13.0. The van der Waals surface area contributed by atoms with Crippen LogP contribution in [0.15, 0.2) is 47.5 Å². The molecule has 0 radical (unpaired) electrons. The summed E-state index contributed by atoms with van der Waals surface area (Å²) in [5, 5.41) is 8.89. The summed E-state index contributed by atoms with van der Waals surface area (Å²) in [5.41, 5.74) is 1.47. The Morgan fingerprint density at radius 1 is 1.28 bits per heavy atom. The van der Waals surface area contributed by atoms with Crippen molar-refractivity contribution in [1.29, 1.82) is 5.26 Å². The van der Waals surface area contributed by atoms with E-state index >= 15 is 0 Å². The summed E-state index contributed by atoms with van der Waals surface area (Å²) in [7, 11) is 1.59. The number of pyridine rings is 1. The molecule has 4 nitrogen and oxygen atoms in total. The van der Waals surface area contributed by atoms with Gasteiger partial charge in [-0.15, -0.1) is 0 Å². The number of benzene rings is 1. The maximum atomic E-state index is 11.0. The molecule has 0 saturated heterocycles.